The van der Waals surface area contributed by atoms with Crippen LogP contribution >= 0.6 is 11.3 Å². The van der Waals surface area contributed by atoms with E-state index in [0.29, 0.717) is 46.8 Å². The van der Waals surface area contributed by atoms with Gasteiger partial charge >= 0.3 is 12.3 Å². The molecule has 0 saturated carbocycles. The van der Waals surface area contributed by atoms with E-state index in [1.165, 1.54) is 25.4 Å². The second kappa shape index (κ2) is 16.2. The molecule has 17 heteroatoms. The summed E-state index contributed by atoms with van der Waals surface area (Å²) in [6.07, 6.45) is 0.406. The Morgan fingerprint density at radius 3 is 2.69 bits per heavy atom. The van der Waals surface area contributed by atoms with Crippen molar-refractivity contribution >= 4 is 46.7 Å². The third-order valence-electron chi connectivity index (χ3n) is 11.2. The smallest absolute Gasteiger partial charge is 0.425 e. The van der Waals surface area contributed by atoms with E-state index in [1.54, 1.807) is 21.7 Å². The number of H-pyrrole nitrogens is 1. The van der Waals surface area contributed by atoms with Gasteiger partial charge in [-0.1, -0.05) is 19.9 Å². The van der Waals surface area contributed by atoms with Crippen LogP contribution < -0.4 is 20.7 Å². The largest absolute Gasteiger partial charge is 0.464 e. The maximum Gasteiger partial charge on any atom is 0.425 e. The summed E-state index contributed by atoms with van der Waals surface area (Å²) >= 11 is 0.574. The summed E-state index contributed by atoms with van der Waals surface area (Å²) in [5, 5.41) is 10.1. The summed E-state index contributed by atoms with van der Waals surface area (Å²) in [4.78, 5) is 38.9. The number of hydrogen-bond donors (Lipinski definition) is 4. The van der Waals surface area contributed by atoms with Crippen LogP contribution in [-0.2, 0) is 15.7 Å². The Morgan fingerprint density at radius 1 is 1.15 bits per heavy atom. The number of aromatic nitrogens is 3. The number of nitrogens with one attached hydrogen (secondary N) is 4. The number of thiophene rings is 1. The molecule has 2 unspecified atom stereocenters. The minimum absolute atomic E-state index is 0.132. The number of halogens is 4. The number of aromatic amines is 1. The Kier molecular flexibility index (Phi) is 11.0. The molecule has 8 rings (SSSR count). The second-order valence-corrected chi connectivity index (χ2v) is 16.4. The molecule has 0 radical (unpaired) electrons. The fourth-order valence-corrected chi connectivity index (χ4v) is 9.16. The maximum absolute atomic E-state index is 16.7. The molecular formula is C42H44F4N8O4S. The summed E-state index contributed by atoms with van der Waals surface area (Å²) in [7, 11) is 1.24. The topological polar surface area (TPSA) is 138 Å². The predicted molar refractivity (Wildman–Crippen MR) is 217 cm³/mol. The molecule has 3 aromatic heterocycles. The Balaban J connectivity index is 1.13. The Bertz CT molecular complexity index is 2430. The van der Waals surface area contributed by atoms with Gasteiger partial charge < -0.3 is 35.3 Å². The Hall–Kier alpha value is -5.68. The number of benzene rings is 2. The average Bonchev–Trinajstić information content (AvgIpc) is 4.06. The van der Waals surface area contributed by atoms with Crippen molar-refractivity contribution in [3.63, 3.8) is 0 Å². The highest BCUT2D eigenvalue weighted by molar-refractivity contribution is 7.12. The molecule has 2 aromatic carbocycles. The van der Waals surface area contributed by atoms with Gasteiger partial charge in [0.2, 0.25) is 12.1 Å². The highest BCUT2D eigenvalue weighted by Gasteiger charge is 2.38. The van der Waals surface area contributed by atoms with Crippen LogP contribution in [-0.4, -0.2) is 77.0 Å². The van der Waals surface area contributed by atoms with Crippen molar-refractivity contribution in [1.82, 2.24) is 35.4 Å². The molecule has 12 nitrogen and oxygen atoms in total. The predicted octanol–water partition coefficient (Wildman–Crippen LogP) is 8.24. The molecule has 3 aliphatic heterocycles. The van der Waals surface area contributed by atoms with Crippen LogP contribution in [0.2, 0.25) is 0 Å². The van der Waals surface area contributed by atoms with Crippen molar-refractivity contribution in [1.29, 1.82) is 0 Å². The van der Waals surface area contributed by atoms with Crippen molar-refractivity contribution in [3.05, 3.63) is 87.9 Å². The lowest BCUT2D eigenvalue weighted by atomic mass is 10.0. The van der Waals surface area contributed by atoms with Gasteiger partial charge in [-0.2, -0.15) is 13.2 Å². The maximum atomic E-state index is 16.7. The van der Waals surface area contributed by atoms with E-state index in [-0.39, 0.29) is 46.6 Å². The van der Waals surface area contributed by atoms with Crippen LogP contribution in [0.1, 0.15) is 72.9 Å². The highest BCUT2D eigenvalue weighted by atomic mass is 32.1. The molecule has 59 heavy (non-hydrogen) atoms. The zero-order chi connectivity index (χ0) is 41.6. The van der Waals surface area contributed by atoms with Gasteiger partial charge in [0.05, 0.1) is 52.4 Å². The highest BCUT2D eigenvalue weighted by Crippen LogP contribution is 2.48. The lowest BCUT2D eigenvalue weighted by Gasteiger charge is -2.31. The van der Waals surface area contributed by atoms with Crippen LogP contribution in [0.4, 0.5) is 22.4 Å². The first-order valence-corrected chi connectivity index (χ1v) is 20.3. The summed E-state index contributed by atoms with van der Waals surface area (Å²) in [6.45, 7) is 8.98. The van der Waals surface area contributed by atoms with Gasteiger partial charge in [-0.05, 0) is 87.3 Å². The monoisotopic (exact) mass is 832 g/mol. The van der Waals surface area contributed by atoms with E-state index in [1.807, 2.05) is 38.1 Å². The summed E-state index contributed by atoms with van der Waals surface area (Å²) in [5.41, 5.74) is 3.66. The van der Waals surface area contributed by atoms with Crippen LogP contribution in [0.25, 0.3) is 39.1 Å². The fraction of sp³-hybridized carbons (Fsp3) is 0.381. The summed E-state index contributed by atoms with van der Waals surface area (Å²) in [5.74, 6) is -0.0667. The molecule has 2 amide bonds. The molecule has 2 fully saturated rings. The number of imidazole rings is 1. The lowest BCUT2D eigenvalue weighted by molar-refractivity contribution is -0.135. The number of carbonyl (C=O) groups excluding carboxylic acids is 2. The number of rotatable bonds is 11. The molecule has 2 saturated heterocycles. The molecule has 0 spiro atoms. The SMILES string of the molecule is C=N/C=C(\NC[C@@H]1CCCN1C(=O)[C@@H](NC(=O)OC)C(C)C)c1cc(F)c2c(c1)OC(c1ccc(C(F)(F)F)s1)n1c-2cc2cc(-c3cnc(C4CCCN4)[nH]3)ccc21. The summed E-state index contributed by atoms with van der Waals surface area (Å²) in [6, 6.07) is 12.1. The van der Waals surface area contributed by atoms with Crippen molar-refractivity contribution in [3.8, 4) is 28.3 Å². The first-order valence-electron chi connectivity index (χ1n) is 19.5. The van der Waals surface area contributed by atoms with Gasteiger partial charge in [-0.25, -0.2) is 14.2 Å². The van der Waals surface area contributed by atoms with Crippen molar-refractivity contribution in [2.24, 2.45) is 10.9 Å². The number of nitrogens with zero attached hydrogens (tertiary/aromatic N) is 4. The number of amides is 2. The van der Waals surface area contributed by atoms with Gasteiger partial charge in [0.25, 0.3) is 0 Å². The van der Waals surface area contributed by atoms with Gasteiger partial charge in [-0.15, -0.1) is 11.3 Å². The summed E-state index contributed by atoms with van der Waals surface area (Å²) < 4.78 is 71.4. The Labute approximate surface area is 341 Å². The number of likely N-dealkylation sites (tertiary alicyclic amines) is 1. The van der Waals surface area contributed by atoms with Crippen molar-refractivity contribution in [2.75, 3.05) is 26.7 Å². The standard InChI is InChI=1S/C42H44F4N8O4S/c1-22(2)37(52-41(56)57-4)39(55)53-14-6-7-26(53)19-49-29(20-47-3)24-16-27(43)36-32-17-25-15-23(30-21-50-38(51-30)28-8-5-13-48-28)9-10-31(25)54(32)40(58-33(36)18-24)34-11-12-35(59-34)42(44,45)46/h9-12,15-18,20-22,26,28,37,40,48-49H,3,5-8,13-14,19H2,1-2,4H3,(H,50,51)(H,52,56)/b29-20-/t26-,28?,37-,40?/m0/s1. The van der Waals surface area contributed by atoms with Gasteiger partial charge in [-0.3, -0.25) is 14.4 Å². The van der Waals surface area contributed by atoms with E-state index < -0.39 is 35.2 Å². The fourth-order valence-electron chi connectivity index (χ4n) is 8.26. The van der Waals surface area contributed by atoms with E-state index in [9.17, 15) is 22.8 Å². The van der Waals surface area contributed by atoms with Crippen LogP contribution in [0, 0.1) is 11.7 Å². The van der Waals surface area contributed by atoms with Crippen molar-refractivity contribution in [2.45, 2.75) is 70.1 Å². The Morgan fingerprint density at radius 2 is 1.98 bits per heavy atom. The van der Waals surface area contributed by atoms with Crippen LogP contribution in [0.15, 0.2) is 65.9 Å². The average molecular weight is 833 g/mol. The molecular weight excluding hydrogens is 789 g/mol. The van der Waals surface area contributed by atoms with Crippen LogP contribution in [0.5, 0.6) is 5.75 Å². The zero-order valence-corrected chi connectivity index (χ0v) is 33.5. The van der Waals surface area contributed by atoms with Gasteiger partial charge in [0.1, 0.15) is 28.3 Å². The van der Waals surface area contributed by atoms with Gasteiger partial charge in [0, 0.05) is 41.8 Å². The van der Waals surface area contributed by atoms with E-state index >= 15 is 4.39 Å². The number of alkyl carbamates (subject to hydrolysis) is 1. The molecule has 3 aliphatic rings. The van der Waals surface area contributed by atoms with E-state index in [0.717, 1.165) is 54.3 Å². The van der Waals surface area contributed by atoms with E-state index in [2.05, 4.69) is 37.6 Å². The molecule has 310 valence electrons. The molecule has 6 heterocycles. The molecule has 4 atom stereocenters. The molecule has 0 bridgehead atoms. The number of hydrogen-bond acceptors (Lipinski definition) is 9. The number of aliphatic imine (C=N–C) groups is 1. The van der Waals surface area contributed by atoms with Crippen LogP contribution in [0.3, 0.4) is 0 Å². The zero-order valence-electron chi connectivity index (χ0n) is 32.7. The number of fused-ring (bicyclic) bond motifs is 5. The molecule has 5 aromatic rings. The van der Waals surface area contributed by atoms with Gasteiger partial charge in [0.15, 0.2) is 0 Å². The quantitative estimate of drug-likeness (QED) is 0.0778. The molecule has 4 N–H and O–H groups in total. The van der Waals surface area contributed by atoms with Crippen molar-refractivity contribution < 1.29 is 36.6 Å². The first-order chi connectivity index (χ1) is 28.3. The number of carbonyl (C=O) groups is 2. The molecule has 0 aliphatic carbocycles. The minimum Gasteiger partial charge on any atom is -0.464 e. The van der Waals surface area contributed by atoms with E-state index in [4.69, 9.17) is 9.47 Å². The third-order valence-corrected chi connectivity index (χ3v) is 12.3. The number of ether oxygens (including phenoxy) is 2. The first kappa shape index (κ1) is 40.1. The minimum atomic E-state index is -4.56. The number of methoxy groups -OCH3 is 1. The third kappa shape index (κ3) is 7.80. The number of alkyl halides is 3. The second-order valence-electron chi connectivity index (χ2n) is 15.3. The lowest BCUT2D eigenvalue weighted by Crippen LogP contribution is -2.53. The normalized spacial score (nSPS) is 19.7.